The number of rotatable bonds is 5. The zero-order valence-corrected chi connectivity index (χ0v) is 11.2. The van der Waals surface area contributed by atoms with E-state index in [2.05, 4.69) is 5.32 Å². The second-order valence-corrected chi connectivity index (χ2v) is 4.91. The third kappa shape index (κ3) is 3.87. The molecule has 6 atom stereocenters. The van der Waals surface area contributed by atoms with Crippen LogP contribution in [-0.2, 0) is 14.3 Å². The summed E-state index contributed by atoms with van der Waals surface area (Å²) in [5, 5.41) is 59.0. The number of carbonyl (C=O) groups excluding carboxylic acids is 1. The Morgan fingerprint density at radius 3 is 2.43 bits per heavy atom. The minimum Gasteiger partial charge on any atom is -0.477 e. The van der Waals surface area contributed by atoms with Gasteiger partial charge in [0.2, 0.25) is 5.91 Å². The first kappa shape index (κ1) is 17.8. The van der Waals surface area contributed by atoms with Crippen molar-refractivity contribution >= 4 is 11.9 Å². The highest BCUT2D eigenvalue weighted by Gasteiger charge is 2.53. The first-order valence-electron chi connectivity index (χ1n) is 6.18. The summed E-state index contributed by atoms with van der Waals surface area (Å²) in [5.41, 5.74) is 0. The fourth-order valence-corrected chi connectivity index (χ4v) is 2.14. The van der Waals surface area contributed by atoms with Gasteiger partial charge in [-0.2, -0.15) is 0 Å². The topological polar surface area (TPSA) is 177 Å². The van der Waals surface area contributed by atoms with Gasteiger partial charge in [0.1, 0.15) is 18.3 Å². The van der Waals surface area contributed by atoms with Gasteiger partial charge in [0.25, 0.3) is 5.79 Å². The molecular formula is C11H19NO9. The van der Waals surface area contributed by atoms with Crippen molar-refractivity contribution < 1.29 is 45.0 Å². The standard InChI is InChI=1S/C11H19NO9/c1-4(14)12-7-5(15)2-11(20,10(18)19)21-9(7)8(17)6(16)3-13/h5-9,13,15-17,20H,2-3H2,1H3,(H,12,14)(H,18,19)/t5-,6+,7-,8?,9-,11-/m0/s1. The lowest BCUT2D eigenvalue weighted by atomic mass is 9.88. The molecule has 1 fully saturated rings. The molecular weight excluding hydrogens is 290 g/mol. The lowest BCUT2D eigenvalue weighted by Gasteiger charge is -2.44. The van der Waals surface area contributed by atoms with Gasteiger partial charge in [-0.05, 0) is 0 Å². The number of aliphatic hydroxyl groups is 5. The Kier molecular flexibility index (Phi) is 5.61. The molecule has 0 aromatic rings. The molecule has 0 saturated carbocycles. The normalized spacial score (nSPS) is 35.8. The fraction of sp³-hybridized carbons (Fsp3) is 0.818. The van der Waals surface area contributed by atoms with Crippen LogP contribution in [0.4, 0.5) is 0 Å². The van der Waals surface area contributed by atoms with Gasteiger partial charge in [0.15, 0.2) is 0 Å². The van der Waals surface area contributed by atoms with Gasteiger partial charge in [0, 0.05) is 13.3 Å². The molecule has 0 radical (unpaired) electrons. The number of aliphatic hydroxyl groups excluding tert-OH is 4. The van der Waals surface area contributed by atoms with Crippen molar-refractivity contribution in [3.63, 3.8) is 0 Å². The molecule has 10 nitrogen and oxygen atoms in total. The minimum absolute atomic E-state index is 0.598. The molecule has 1 heterocycles. The molecule has 0 aliphatic carbocycles. The van der Waals surface area contributed by atoms with Crippen LogP contribution in [-0.4, -0.2) is 85.4 Å². The number of hydrogen-bond donors (Lipinski definition) is 7. The van der Waals surface area contributed by atoms with Crippen molar-refractivity contribution in [1.82, 2.24) is 5.32 Å². The van der Waals surface area contributed by atoms with Crippen molar-refractivity contribution in [3.05, 3.63) is 0 Å². The van der Waals surface area contributed by atoms with E-state index in [0.29, 0.717) is 0 Å². The summed E-state index contributed by atoms with van der Waals surface area (Å²) in [5.74, 6) is -5.17. The van der Waals surface area contributed by atoms with E-state index in [4.69, 9.17) is 14.9 Å². The molecule has 0 bridgehead atoms. The van der Waals surface area contributed by atoms with Crippen LogP contribution in [0.15, 0.2) is 0 Å². The van der Waals surface area contributed by atoms with E-state index in [0.717, 1.165) is 6.92 Å². The summed E-state index contributed by atoms with van der Waals surface area (Å²) in [6.45, 7) is 0.256. The zero-order chi connectivity index (χ0) is 16.4. The van der Waals surface area contributed by atoms with Gasteiger partial charge in [-0.15, -0.1) is 0 Å². The Hall–Kier alpha value is -1.30. The van der Waals surface area contributed by atoms with Crippen LogP contribution in [0.2, 0.25) is 0 Å². The summed E-state index contributed by atoms with van der Waals surface area (Å²) in [6.07, 6.45) is -7.48. The summed E-state index contributed by atoms with van der Waals surface area (Å²) in [7, 11) is 0. The van der Waals surface area contributed by atoms with Crippen molar-refractivity contribution in [2.75, 3.05) is 6.61 Å². The number of carbonyl (C=O) groups is 2. The number of aliphatic carboxylic acids is 1. The highest BCUT2D eigenvalue weighted by atomic mass is 16.7. The van der Waals surface area contributed by atoms with Crippen LogP contribution in [0.1, 0.15) is 13.3 Å². The van der Waals surface area contributed by atoms with E-state index in [1.165, 1.54) is 0 Å². The zero-order valence-electron chi connectivity index (χ0n) is 11.2. The highest BCUT2D eigenvalue weighted by molar-refractivity contribution is 5.76. The summed E-state index contributed by atoms with van der Waals surface area (Å²) >= 11 is 0. The van der Waals surface area contributed by atoms with Gasteiger partial charge in [-0.3, -0.25) is 4.79 Å². The maximum Gasteiger partial charge on any atom is 0.364 e. The van der Waals surface area contributed by atoms with Crippen molar-refractivity contribution in [2.45, 2.75) is 49.6 Å². The van der Waals surface area contributed by atoms with Gasteiger partial charge >= 0.3 is 5.97 Å². The van der Waals surface area contributed by atoms with Crippen molar-refractivity contribution in [2.24, 2.45) is 0 Å². The molecule has 1 saturated heterocycles. The third-order valence-electron chi connectivity index (χ3n) is 3.21. The van der Waals surface area contributed by atoms with Gasteiger partial charge in [0.05, 0.1) is 18.8 Å². The van der Waals surface area contributed by atoms with Crippen LogP contribution in [0.5, 0.6) is 0 Å². The smallest absolute Gasteiger partial charge is 0.364 e. The molecule has 0 aromatic carbocycles. The average molecular weight is 309 g/mol. The number of nitrogens with one attached hydrogen (secondary N) is 1. The summed E-state index contributed by atoms with van der Waals surface area (Å²) in [6, 6.07) is -1.27. The van der Waals surface area contributed by atoms with Crippen LogP contribution in [0, 0.1) is 0 Å². The van der Waals surface area contributed by atoms with Crippen molar-refractivity contribution in [1.29, 1.82) is 0 Å². The molecule has 7 N–H and O–H groups in total. The molecule has 1 aliphatic rings. The van der Waals surface area contributed by atoms with E-state index in [-0.39, 0.29) is 0 Å². The molecule has 1 amide bonds. The van der Waals surface area contributed by atoms with Crippen molar-refractivity contribution in [3.8, 4) is 0 Å². The predicted octanol–water partition coefficient (Wildman–Crippen LogP) is -3.87. The minimum atomic E-state index is -2.78. The SMILES string of the molecule is CC(=O)N[C@@H]1[C@@H](C(O)[C@H](O)CO)O[C@](O)(C(=O)O)C[C@@H]1O. The Balaban J connectivity index is 3.07. The number of hydrogen-bond acceptors (Lipinski definition) is 8. The van der Waals surface area contributed by atoms with E-state index in [9.17, 15) is 30.0 Å². The number of amides is 1. The Bertz CT molecular complexity index is 403. The first-order valence-corrected chi connectivity index (χ1v) is 6.18. The Morgan fingerprint density at radius 1 is 1.43 bits per heavy atom. The van der Waals surface area contributed by atoms with Crippen LogP contribution in [0.25, 0.3) is 0 Å². The van der Waals surface area contributed by atoms with Gasteiger partial charge in [-0.25, -0.2) is 4.79 Å². The second-order valence-electron chi connectivity index (χ2n) is 4.91. The summed E-state index contributed by atoms with van der Waals surface area (Å²) < 4.78 is 4.86. The second kappa shape index (κ2) is 6.64. The third-order valence-corrected chi connectivity index (χ3v) is 3.21. The lowest BCUT2D eigenvalue weighted by molar-refractivity contribution is -0.295. The first-order chi connectivity index (χ1) is 9.62. The van der Waals surface area contributed by atoms with Gasteiger partial charge < -0.3 is 40.7 Å². The number of carboxylic acids is 1. The fourth-order valence-electron chi connectivity index (χ4n) is 2.14. The predicted molar refractivity (Wildman–Crippen MR) is 64.8 cm³/mol. The molecule has 0 spiro atoms. The highest BCUT2D eigenvalue weighted by Crippen LogP contribution is 2.30. The molecule has 10 heteroatoms. The molecule has 1 rings (SSSR count). The lowest BCUT2D eigenvalue weighted by Crippen LogP contribution is -2.67. The largest absolute Gasteiger partial charge is 0.477 e. The van der Waals surface area contributed by atoms with Crippen LogP contribution < -0.4 is 5.32 Å². The number of ether oxygens (including phenoxy) is 1. The quantitative estimate of drug-likeness (QED) is 0.268. The monoisotopic (exact) mass is 309 g/mol. The molecule has 1 unspecified atom stereocenters. The molecule has 0 aromatic heterocycles. The summed E-state index contributed by atoms with van der Waals surface area (Å²) in [4.78, 5) is 22.1. The van der Waals surface area contributed by atoms with E-state index in [1.807, 2.05) is 0 Å². The van der Waals surface area contributed by atoms with E-state index >= 15 is 0 Å². The number of carboxylic acid groups (broad SMARTS) is 1. The van der Waals surface area contributed by atoms with Crippen LogP contribution >= 0.6 is 0 Å². The Morgan fingerprint density at radius 2 is 2.00 bits per heavy atom. The average Bonchev–Trinajstić information content (AvgIpc) is 2.39. The van der Waals surface area contributed by atoms with Gasteiger partial charge in [-0.1, -0.05) is 0 Å². The molecule has 21 heavy (non-hydrogen) atoms. The molecule has 122 valence electrons. The van der Waals surface area contributed by atoms with E-state index < -0.39 is 61.1 Å². The maximum atomic E-state index is 11.1. The molecule has 1 aliphatic heterocycles. The Labute approximate surface area is 119 Å². The van der Waals surface area contributed by atoms with Crippen LogP contribution in [0.3, 0.4) is 0 Å². The maximum absolute atomic E-state index is 11.1. The van der Waals surface area contributed by atoms with E-state index in [1.54, 1.807) is 0 Å².